The first kappa shape index (κ1) is 15.8. The van der Waals surface area contributed by atoms with Crippen molar-refractivity contribution in [1.29, 1.82) is 0 Å². The number of aliphatic hydroxyl groups is 1. The van der Waals surface area contributed by atoms with Crippen molar-refractivity contribution in [1.82, 2.24) is 0 Å². The number of amides is 1. The van der Waals surface area contributed by atoms with E-state index in [0.717, 1.165) is 19.3 Å². The van der Waals surface area contributed by atoms with E-state index in [9.17, 15) is 9.90 Å². The molecule has 4 nitrogen and oxygen atoms in total. The normalized spacial score (nSPS) is 17.5. The second-order valence-corrected chi connectivity index (χ2v) is 6.17. The summed E-state index contributed by atoms with van der Waals surface area (Å²) >= 11 is 0. The van der Waals surface area contributed by atoms with Gasteiger partial charge in [0, 0.05) is 0 Å². The molecule has 4 heteroatoms. The maximum atomic E-state index is 12.2. The molecular weight excluding hydrogens is 266 g/mol. The van der Waals surface area contributed by atoms with Gasteiger partial charge in [-0.05, 0) is 38.8 Å². The molecule has 0 saturated heterocycles. The third-order valence-electron chi connectivity index (χ3n) is 3.80. The average Bonchev–Trinajstić information content (AvgIpc) is 2.40. The highest BCUT2D eigenvalue weighted by Gasteiger charge is 2.31. The molecule has 1 aliphatic rings. The van der Waals surface area contributed by atoms with Gasteiger partial charge < -0.3 is 15.2 Å². The van der Waals surface area contributed by atoms with Crippen LogP contribution in [0.4, 0.5) is 5.69 Å². The average molecular weight is 291 g/mol. The van der Waals surface area contributed by atoms with Gasteiger partial charge in [-0.3, -0.25) is 4.79 Å². The summed E-state index contributed by atoms with van der Waals surface area (Å²) in [6.45, 7) is 3.90. The molecule has 21 heavy (non-hydrogen) atoms. The van der Waals surface area contributed by atoms with Gasteiger partial charge in [0.2, 0.25) is 5.91 Å². The molecule has 1 aliphatic carbocycles. The minimum Gasteiger partial charge on any atom is -0.489 e. The molecule has 0 aliphatic heterocycles. The maximum Gasteiger partial charge on any atom is 0.227 e. The Hall–Kier alpha value is -1.55. The second kappa shape index (κ2) is 6.94. The van der Waals surface area contributed by atoms with Crippen molar-refractivity contribution < 1.29 is 14.6 Å². The Balaban J connectivity index is 1.99. The lowest BCUT2D eigenvalue weighted by Gasteiger charge is -2.31. The van der Waals surface area contributed by atoms with Gasteiger partial charge in [-0.25, -0.2) is 0 Å². The van der Waals surface area contributed by atoms with E-state index >= 15 is 0 Å². The first-order valence-corrected chi connectivity index (χ1v) is 7.76. The number of nitrogens with one attached hydrogen (secondary N) is 1. The summed E-state index contributed by atoms with van der Waals surface area (Å²) in [5.41, 5.74) is -0.175. The van der Waals surface area contributed by atoms with Crippen LogP contribution in [-0.4, -0.2) is 22.7 Å². The van der Waals surface area contributed by atoms with Gasteiger partial charge in [0.05, 0.1) is 23.8 Å². The fourth-order valence-electron chi connectivity index (χ4n) is 2.81. The van der Waals surface area contributed by atoms with Gasteiger partial charge in [0.25, 0.3) is 0 Å². The van der Waals surface area contributed by atoms with Crippen molar-refractivity contribution in [2.24, 2.45) is 0 Å². The molecule has 1 amide bonds. The Labute approximate surface area is 126 Å². The van der Waals surface area contributed by atoms with Crippen LogP contribution < -0.4 is 10.1 Å². The van der Waals surface area contributed by atoms with Crippen LogP contribution in [0, 0.1) is 0 Å². The number of para-hydroxylation sites is 2. The van der Waals surface area contributed by atoms with E-state index in [0.29, 0.717) is 24.3 Å². The van der Waals surface area contributed by atoms with E-state index < -0.39 is 5.60 Å². The standard InChI is InChI=1S/C17H25NO3/c1-13(2)21-15-9-5-4-8-14(15)18-16(19)12-17(20)10-6-3-7-11-17/h4-5,8-9,13,20H,3,6-7,10-12H2,1-2H3,(H,18,19). The third-order valence-corrected chi connectivity index (χ3v) is 3.80. The van der Waals surface area contributed by atoms with Crippen LogP contribution in [0.2, 0.25) is 0 Å². The maximum absolute atomic E-state index is 12.2. The number of rotatable bonds is 5. The topological polar surface area (TPSA) is 58.6 Å². The second-order valence-electron chi connectivity index (χ2n) is 6.17. The van der Waals surface area contributed by atoms with Crippen LogP contribution in [0.25, 0.3) is 0 Å². The Kier molecular flexibility index (Phi) is 5.23. The minimum atomic E-state index is -0.837. The zero-order valence-corrected chi connectivity index (χ0v) is 12.9. The molecule has 1 aromatic carbocycles. The third kappa shape index (κ3) is 4.74. The SMILES string of the molecule is CC(C)Oc1ccccc1NC(=O)CC1(O)CCCCC1. The van der Waals surface area contributed by atoms with Crippen LogP contribution >= 0.6 is 0 Å². The van der Waals surface area contributed by atoms with Crippen molar-refractivity contribution in [2.75, 3.05) is 5.32 Å². The molecule has 0 radical (unpaired) electrons. The number of ether oxygens (including phenoxy) is 1. The lowest BCUT2D eigenvalue weighted by atomic mass is 9.82. The van der Waals surface area contributed by atoms with E-state index in [4.69, 9.17) is 4.74 Å². The molecule has 0 aromatic heterocycles. The van der Waals surface area contributed by atoms with Crippen molar-refractivity contribution in [3.05, 3.63) is 24.3 Å². The fourth-order valence-corrected chi connectivity index (χ4v) is 2.81. The summed E-state index contributed by atoms with van der Waals surface area (Å²) in [6, 6.07) is 7.39. The van der Waals surface area contributed by atoms with Gasteiger partial charge in [0.1, 0.15) is 5.75 Å². The molecule has 0 unspecified atom stereocenters. The number of hydrogen-bond donors (Lipinski definition) is 2. The highest BCUT2D eigenvalue weighted by Crippen LogP contribution is 2.32. The highest BCUT2D eigenvalue weighted by atomic mass is 16.5. The van der Waals surface area contributed by atoms with E-state index in [-0.39, 0.29) is 18.4 Å². The monoisotopic (exact) mass is 291 g/mol. The first-order valence-electron chi connectivity index (χ1n) is 7.76. The van der Waals surface area contributed by atoms with Gasteiger partial charge in [0.15, 0.2) is 0 Å². The highest BCUT2D eigenvalue weighted by molar-refractivity contribution is 5.92. The molecule has 0 spiro atoms. The smallest absolute Gasteiger partial charge is 0.227 e. The molecule has 116 valence electrons. The number of carbonyl (C=O) groups is 1. The zero-order valence-electron chi connectivity index (χ0n) is 12.9. The van der Waals surface area contributed by atoms with Crippen molar-refractivity contribution >= 4 is 11.6 Å². The molecule has 0 heterocycles. The number of carbonyl (C=O) groups excluding carboxylic acids is 1. The number of anilines is 1. The molecule has 0 bridgehead atoms. The van der Waals surface area contributed by atoms with Gasteiger partial charge >= 0.3 is 0 Å². The number of hydrogen-bond acceptors (Lipinski definition) is 3. The molecule has 1 saturated carbocycles. The Bertz CT molecular complexity index is 479. The summed E-state index contributed by atoms with van der Waals surface area (Å²) in [7, 11) is 0. The van der Waals surface area contributed by atoms with Gasteiger partial charge in [-0.1, -0.05) is 31.4 Å². The lowest BCUT2D eigenvalue weighted by molar-refractivity contribution is -0.122. The largest absolute Gasteiger partial charge is 0.489 e. The Morgan fingerprint density at radius 2 is 1.95 bits per heavy atom. The molecule has 2 N–H and O–H groups in total. The minimum absolute atomic E-state index is 0.0468. The predicted octanol–water partition coefficient (Wildman–Crippen LogP) is 3.50. The molecule has 1 fully saturated rings. The van der Waals surface area contributed by atoms with Crippen molar-refractivity contribution in [3.8, 4) is 5.75 Å². The summed E-state index contributed by atoms with van der Waals surface area (Å²) in [6.07, 6.45) is 4.77. The quantitative estimate of drug-likeness (QED) is 0.873. The summed E-state index contributed by atoms with van der Waals surface area (Å²) in [4.78, 5) is 12.2. The fraction of sp³-hybridized carbons (Fsp3) is 0.588. The Morgan fingerprint density at radius 1 is 1.29 bits per heavy atom. The first-order chi connectivity index (χ1) is 9.98. The van der Waals surface area contributed by atoms with Crippen LogP contribution in [0.5, 0.6) is 5.75 Å². The Morgan fingerprint density at radius 3 is 2.62 bits per heavy atom. The number of benzene rings is 1. The zero-order chi connectivity index (χ0) is 15.3. The van der Waals surface area contributed by atoms with E-state index in [2.05, 4.69) is 5.32 Å². The van der Waals surface area contributed by atoms with E-state index in [1.807, 2.05) is 38.1 Å². The van der Waals surface area contributed by atoms with Crippen molar-refractivity contribution in [3.63, 3.8) is 0 Å². The lowest BCUT2D eigenvalue weighted by Crippen LogP contribution is -2.36. The molecule has 1 aromatic rings. The van der Waals surface area contributed by atoms with Gasteiger partial charge in [-0.2, -0.15) is 0 Å². The summed E-state index contributed by atoms with van der Waals surface area (Å²) < 4.78 is 5.68. The molecular formula is C17H25NO3. The molecule has 0 atom stereocenters. The van der Waals surface area contributed by atoms with Crippen LogP contribution in [0.15, 0.2) is 24.3 Å². The predicted molar refractivity (Wildman–Crippen MR) is 83.5 cm³/mol. The van der Waals surface area contributed by atoms with Crippen molar-refractivity contribution in [2.45, 2.75) is 64.1 Å². The molecule has 2 rings (SSSR count). The van der Waals surface area contributed by atoms with Crippen LogP contribution in [0.1, 0.15) is 52.4 Å². The van der Waals surface area contributed by atoms with Gasteiger partial charge in [-0.15, -0.1) is 0 Å². The van der Waals surface area contributed by atoms with Crippen LogP contribution in [0.3, 0.4) is 0 Å². The van der Waals surface area contributed by atoms with E-state index in [1.54, 1.807) is 0 Å². The van der Waals surface area contributed by atoms with Crippen LogP contribution in [-0.2, 0) is 4.79 Å². The summed E-state index contributed by atoms with van der Waals surface area (Å²) in [5, 5.41) is 13.3. The van der Waals surface area contributed by atoms with E-state index in [1.165, 1.54) is 0 Å². The summed E-state index contributed by atoms with van der Waals surface area (Å²) in [5.74, 6) is 0.510.